The number of morpholine rings is 1. The number of carbonyl (C=O) groups excluding carboxylic acids is 1. The van der Waals surface area contributed by atoms with Crippen molar-refractivity contribution < 1.29 is 23.4 Å². The summed E-state index contributed by atoms with van der Waals surface area (Å²) >= 11 is 1.31. The molecule has 7 nitrogen and oxygen atoms in total. The molecule has 2 aliphatic rings. The quantitative estimate of drug-likeness (QED) is 0.557. The molecular weight excluding hydrogens is 457 g/mol. The second-order valence-electron chi connectivity index (χ2n) is 7.38. The zero-order valence-electron chi connectivity index (χ0n) is 17.3. The number of hydrogen-bond donors (Lipinski definition) is 0. The van der Waals surface area contributed by atoms with Crippen LogP contribution < -0.4 is 14.4 Å². The summed E-state index contributed by atoms with van der Waals surface area (Å²) in [4.78, 5) is 22.1. The van der Waals surface area contributed by atoms with E-state index >= 15 is 0 Å². The molecule has 170 valence electrons. The largest absolute Gasteiger partial charge is 0.486 e. The highest BCUT2D eigenvalue weighted by Crippen LogP contribution is 2.33. The number of thiazole rings is 1. The second kappa shape index (κ2) is 9.99. The van der Waals surface area contributed by atoms with Crippen molar-refractivity contribution >= 4 is 45.0 Å². The van der Waals surface area contributed by atoms with Crippen LogP contribution in [0.2, 0.25) is 0 Å². The molecule has 2 aromatic carbocycles. The van der Waals surface area contributed by atoms with Crippen LogP contribution >= 0.6 is 23.7 Å². The molecule has 0 radical (unpaired) electrons. The van der Waals surface area contributed by atoms with Crippen LogP contribution in [-0.2, 0) is 4.74 Å². The fraction of sp³-hybridized carbons (Fsp3) is 0.364. The number of rotatable bonds is 5. The average Bonchev–Trinajstić information content (AvgIpc) is 3.22. The maximum Gasteiger partial charge on any atom is 0.260 e. The molecule has 32 heavy (non-hydrogen) atoms. The number of ether oxygens (including phenoxy) is 3. The fourth-order valence-corrected chi connectivity index (χ4v) is 4.70. The smallest absolute Gasteiger partial charge is 0.260 e. The molecule has 10 heteroatoms. The molecule has 0 saturated carbocycles. The lowest BCUT2D eigenvalue weighted by Gasteiger charge is -2.29. The molecule has 0 unspecified atom stereocenters. The Labute approximate surface area is 195 Å². The Kier molecular flexibility index (Phi) is 7.10. The molecule has 0 bridgehead atoms. The molecule has 0 spiro atoms. The number of halogens is 2. The molecule has 1 saturated heterocycles. The van der Waals surface area contributed by atoms with Crippen LogP contribution in [0.1, 0.15) is 10.4 Å². The third kappa shape index (κ3) is 4.80. The number of benzene rings is 2. The predicted molar refractivity (Wildman–Crippen MR) is 123 cm³/mol. The topological polar surface area (TPSA) is 64.1 Å². The van der Waals surface area contributed by atoms with Gasteiger partial charge in [-0.3, -0.25) is 14.6 Å². The molecule has 3 heterocycles. The van der Waals surface area contributed by atoms with Crippen LogP contribution in [0.3, 0.4) is 0 Å². The zero-order valence-corrected chi connectivity index (χ0v) is 18.9. The summed E-state index contributed by atoms with van der Waals surface area (Å²) in [6.45, 7) is 5.16. The van der Waals surface area contributed by atoms with Crippen LogP contribution in [0, 0.1) is 5.82 Å². The molecule has 0 aliphatic carbocycles. The summed E-state index contributed by atoms with van der Waals surface area (Å²) in [5.41, 5.74) is 1.17. The standard InChI is InChI=1S/C22H22FN3O4S.ClH/c23-16-2-3-17-20(14-16)31-22(24-17)26(6-5-25-7-9-28-10-8-25)21(27)15-1-4-18-19(13-15)30-12-11-29-18;/h1-4,13-14H,5-12H2;1H. The van der Waals surface area contributed by atoms with Crippen molar-refractivity contribution in [3.8, 4) is 11.5 Å². The molecule has 1 fully saturated rings. The zero-order chi connectivity index (χ0) is 21.2. The van der Waals surface area contributed by atoms with Gasteiger partial charge >= 0.3 is 0 Å². The summed E-state index contributed by atoms with van der Waals surface area (Å²) in [6, 6.07) is 9.68. The highest BCUT2D eigenvalue weighted by Gasteiger charge is 2.24. The number of aromatic nitrogens is 1. The van der Waals surface area contributed by atoms with E-state index in [0.29, 0.717) is 71.9 Å². The highest BCUT2D eigenvalue weighted by molar-refractivity contribution is 7.22. The van der Waals surface area contributed by atoms with E-state index in [2.05, 4.69) is 9.88 Å². The SMILES string of the molecule is Cl.O=C(c1ccc2c(c1)OCCO2)N(CCN1CCOCC1)c1nc2ccc(F)cc2s1. The van der Waals surface area contributed by atoms with Crippen molar-refractivity contribution in [1.29, 1.82) is 0 Å². The maximum atomic E-state index is 13.7. The van der Waals surface area contributed by atoms with Gasteiger partial charge < -0.3 is 14.2 Å². The first-order chi connectivity index (χ1) is 15.2. The molecule has 1 aromatic heterocycles. The Morgan fingerprint density at radius 2 is 1.84 bits per heavy atom. The van der Waals surface area contributed by atoms with E-state index in [-0.39, 0.29) is 24.1 Å². The Balaban J connectivity index is 0.00000245. The lowest BCUT2D eigenvalue weighted by Crippen LogP contribution is -2.43. The van der Waals surface area contributed by atoms with Crippen molar-refractivity contribution in [2.24, 2.45) is 0 Å². The maximum absolute atomic E-state index is 13.7. The first-order valence-electron chi connectivity index (χ1n) is 10.2. The van der Waals surface area contributed by atoms with Gasteiger partial charge in [-0.1, -0.05) is 11.3 Å². The first-order valence-corrected chi connectivity index (χ1v) is 11.1. The number of carbonyl (C=O) groups is 1. The summed E-state index contributed by atoms with van der Waals surface area (Å²) in [5.74, 6) is 0.709. The molecular formula is C22H23ClFN3O4S. The predicted octanol–water partition coefficient (Wildman–Crippen LogP) is 3.61. The van der Waals surface area contributed by atoms with Gasteiger partial charge in [0.25, 0.3) is 5.91 Å². The van der Waals surface area contributed by atoms with E-state index in [9.17, 15) is 9.18 Å². The van der Waals surface area contributed by atoms with Gasteiger partial charge in [0.2, 0.25) is 0 Å². The van der Waals surface area contributed by atoms with E-state index in [1.807, 2.05) is 0 Å². The third-order valence-electron chi connectivity index (χ3n) is 5.35. The van der Waals surface area contributed by atoms with Gasteiger partial charge in [0.15, 0.2) is 16.6 Å². The molecule has 5 rings (SSSR count). The average molecular weight is 480 g/mol. The van der Waals surface area contributed by atoms with Crippen LogP contribution in [-0.4, -0.2) is 68.4 Å². The number of fused-ring (bicyclic) bond motifs is 2. The lowest BCUT2D eigenvalue weighted by molar-refractivity contribution is 0.0391. The van der Waals surface area contributed by atoms with Crippen LogP contribution in [0.25, 0.3) is 10.2 Å². The van der Waals surface area contributed by atoms with E-state index in [0.717, 1.165) is 13.1 Å². The van der Waals surface area contributed by atoms with E-state index in [1.54, 1.807) is 29.2 Å². The summed E-state index contributed by atoms with van der Waals surface area (Å²) < 4.78 is 31.0. The number of anilines is 1. The van der Waals surface area contributed by atoms with Crippen LogP contribution in [0.4, 0.5) is 9.52 Å². The van der Waals surface area contributed by atoms with E-state index in [1.165, 1.54) is 23.5 Å². The molecule has 2 aliphatic heterocycles. The normalized spacial score (nSPS) is 15.9. The van der Waals surface area contributed by atoms with Gasteiger partial charge in [-0.15, -0.1) is 12.4 Å². The van der Waals surface area contributed by atoms with Crippen LogP contribution in [0.5, 0.6) is 11.5 Å². The van der Waals surface area contributed by atoms with Gasteiger partial charge in [-0.25, -0.2) is 9.37 Å². The Morgan fingerprint density at radius 3 is 2.66 bits per heavy atom. The Bertz CT molecular complexity index is 1110. The minimum Gasteiger partial charge on any atom is -0.486 e. The molecule has 0 N–H and O–H groups in total. The van der Waals surface area contributed by atoms with Gasteiger partial charge in [0.05, 0.1) is 23.4 Å². The van der Waals surface area contributed by atoms with Crippen molar-refractivity contribution in [3.05, 3.63) is 47.8 Å². The van der Waals surface area contributed by atoms with Gasteiger partial charge in [0, 0.05) is 31.7 Å². The second-order valence-corrected chi connectivity index (χ2v) is 8.39. The van der Waals surface area contributed by atoms with Gasteiger partial charge in [-0.05, 0) is 36.4 Å². The summed E-state index contributed by atoms with van der Waals surface area (Å²) in [5, 5.41) is 0.550. The first kappa shape index (κ1) is 22.7. The monoisotopic (exact) mass is 479 g/mol. The molecule has 1 amide bonds. The van der Waals surface area contributed by atoms with Crippen molar-refractivity contribution in [1.82, 2.24) is 9.88 Å². The van der Waals surface area contributed by atoms with Crippen LogP contribution in [0.15, 0.2) is 36.4 Å². The van der Waals surface area contributed by atoms with Gasteiger partial charge in [0.1, 0.15) is 19.0 Å². The van der Waals surface area contributed by atoms with Gasteiger partial charge in [-0.2, -0.15) is 0 Å². The third-order valence-corrected chi connectivity index (χ3v) is 6.39. The minimum absolute atomic E-state index is 0. The van der Waals surface area contributed by atoms with E-state index in [4.69, 9.17) is 14.2 Å². The summed E-state index contributed by atoms with van der Waals surface area (Å²) in [7, 11) is 0. The molecule has 0 atom stereocenters. The Morgan fingerprint density at radius 1 is 1.06 bits per heavy atom. The van der Waals surface area contributed by atoms with Crippen molar-refractivity contribution in [2.75, 3.05) is 57.5 Å². The minimum atomic E-state index is -0.319. The van der Waals surface area contributed by atoms with E-state index < -0.39 is 0 Å². The Hall–Kier alpha value is -2.46. The van der Waals surface area contributed by atoms with Crippen molar-refractivity contribution in [2.45, 2.75) is 0 Å². The highest BCUT2D eigenvalue weighted by atomic mass is 35.5. The number of hydrogen-bond acceptors (Lipinski definition) is 7. The molecule has 3 aromatic rings. The fourth-order valence-electron chi connectivity index (χ4n) is 3.68. The number of nitrogens with zero attached hydrogens (tertiary/aromatic N) is 3. The van der Waals surface area contributed by atoms with Crippen molar-refractivity contribution in [3.63, 3.8) is 0 Å². The summed E-state index contributed by atoms with van der Waals surface area (Å²) in [6.07, 6.45) is 0. The number of amides is 1. The lowest BCUT2D eigenvalue weighted by atomic mass is 10.1.